The minimum atomic E-state index is -0.364. The van der Waals surface area contributed by atoms with E-state index in [4.69, 9.17) is 4.74 Å². The molecule has 0 radical (unpaired) electrons. The van der Waals surface area contributed by atoms with E-state index in [1.54, 1.807) is 4.68 Å². The maximum atomic E-state index is 12.3. The Morgan fingerprint density at radius 1 is 1.55 bits per heavy atom. The first-order valence-electron chi connectivity index (χ1n) is 7.36. The molecular weight excluding hydrogens is 288 g/mol. The number of fused-ring (bicyclic) bond motifs is 1. The first-order valence-corrected chi connectivity index (χ1v) is 7.36. The molecule has 22 heavy (non-hydrogen) atoms. The summed E-state index contributed by atoms with van der Waals surface area (Å²) in [5.41, 5.74) is 0.247. The highest BCUT2D eigenvalue weighted by Crippen LogP contribution is 2.10. The molecule has 118 valence electrons. The Labute approximate surface area is 126 Å². The quantitative estimate of drug-likeness (QED) is 0.783. The second kappa shape index (κ2) is 6.22. The average molecular weight is 306 g/mol. The second-order valence-electron chi connectivity index (χ2n) is 5.19. The summed E-state index contributed by atoms with van der Waals surface area (Å²) in [5.74, 6) is -0.248. The van der Waals surface area contributed by atoms with Crippen LogP contribution in [0.25, 0.3) is 11.2 Å². The van der Waals surface area contributed by atoms with E-state index in [9.17, 15) is 9.59 Å². The van der Waals surface area contributed by atoms with Gasteiger partial charge in [0.15, 0.2) is 11.2 Å². The Hall–Kier alpha value is -2.29. The summed E-state index contributed by atoms with van der Waals surface area (Å²) in [4.78, 5) is 28.3. The maximum absolute atomic E-state index is 12.3. The van der Waals surface area contributed by atoms with E-state index < -0.39 is 0 Å². The number of rotatable bonds is 5. The fourth-order valence-electron chi connectivity index (χ4n) is 2.46. The van der Waals surface area contributed by atoms with Gasteiger partial charge in [-0.25, -0.2) is 9.67 Å². The topological polar surface area (TPSA) is 104 Å². The third kappa shape index (κ3) is 2.84. The van der Waals surface area contributed by atoms with Crippen LogP contribution in [0.2, 0.25) is 0 Å². The molecule has 0 aromatic carbocycles. The predicted molar refractivity (Wildman–Crippen MR) is 77.2 cm³/mol. The molecule has 1 aliphatic rings. The molecule has 1 fully saturated rings. The van der Waals surface area contributed by atoms with Crippen LogP contribution >= 0.6 is 0 Å². The average Bonchev–Trinajstić information content (AvgIpc) is 3.17. The van der Waals surface area contributed by atoms with Crippen LogP contribution in [0.15, 0.2) is 11.1 Å². The zero-order valence-corrected chi connectivity index (χ0v) is 12.4. The highest BCUT2D eigenvalue weighted by molar-refractivity contribution is 5.76. The van der Waals surface area contributed by atoms with Crippen LogP contribution in [0.1, 0.15) is 19.8 Å². The van der Waals surface area contributed by atoms with E-state index in [1.807, 2.05) is 6.92 Å². The SMILES string of the molecule is CCn1nnc2c(=O)n(CC(=O)NC[C@@H]3CCCO3)cnc21. The van der Waals surface area contributed by atoms with Crippen molar-refractivity contribution in [2.75, 3.05) is 13.2 Å². The van der Waals surface area contributed by atoms with Crippen molar-refractivity contribution in [2.45, 2.75) is 39.0 Å². The van der Waals surface area contributed by atoms with Crippen molar-refractivity contribution in [1.29, 1.82) is 0 Å². The van der Waals surface area contributed by atoms with Gasteiger partial charge >= 0.3 is 0 Å². The van der Waals surface area contributed by atoms with E-state index in [0.717, 1.165) is 19.4 Å². The fraction of sp³-hybridized carbons (Fsp3) is 0.615. The van der Waals surface area contributed by atoms with Crippen LogP contribution < -0.4 is 10.9 Å². The van der Waals surface area contributed by atoms with Gasteiger partial charge in [-0.05, 0) is 19.8 Å². The molecule has 1 aliphatic heterocycles. The number of aryl methyl sites for hydroxylation is 1. The van der Waals surface area contributed by atoms with Crippen molar-refractivity contribution in [3.8, 4) is 0 Å². The Morgan fingerprint density at radius 3 is 3.14 bits per heavy atom. The number of hydrogen-bond donors (Lipinski definition) is 1. The van der Waals surface area contributed by atoms with Crippen LogP contribution in [0.4, 0.5) is 0 Å². The van der Waals surface area contributed by atoms with Crippen LogP contribution in [0, 0.1) is 0 Å². The van der Waals surface area contributed by atoms with Gasteiger partial charge in [-0.15, -0.1) is 5.10 Å². The fourth-order valence-corrected chi connectivity index (χ4v) is 2.46. The van der Waals surface area contributed by atoms with Crippen molar-refractivity contribution in [2.24, 2.45) is 0 Å². The Balaban J connectivity index is 1.69. The number of ether oxygens (including phenoxy) is 1. The first-order chi connectivity index (χ1) is 10.7. The lowest BCUT2D eigenvalue weighted by Gasteiger charge is -2.11. The molecule has 9 nitrogen and oxygen atoms in total. The van der Waals surface area contributed by atoms with Crippen molar-refractivity contribution in [3.63, 3.8) is 0 Å². The largest absolute Gasteiger partial charge is 0.376 e. The molecule has 0 aliphatic carbocycles. The van der Waals surface area contributed by atoms with Gasteiger partial charge in [0.05, 0.1) is 6.10 Å². The lowest BCUT2D eigenvalue weighted by molar-refractivity contribution is -0.122. The van der Waals surface area contributed by atoms with Gasteiger partial charge in [0.25, 0.3) is 5.56 Å². The van der Waals surface area contributed by atoms with E-state index in [1.165, 1.54) is 10.9 Å². The number of nitrogens with one attached hydrogen (secondary N) is 1. The lowest BCUT2D eigenvalue weighted by atomic mass is 10.2. The normalized spacial score (nSPS) is 18.0. The van der Waals surface area contributed by atoms with Gasteiger partial charge in [0, 0.05) is 19.7 Å². The van der Waals surface area contributed by atoms with Crippen LogP contribution in [-0.2, 0) is 22.6 Å². The van der Waals surface area contributed by atoms with Gasteiger partial charge in [-0.1, -0.05) is 5.21 Å². The summed E-state index contributed by atoms with van der Waals surface area (Å²) in [6, 6.07) is 0. The summed E-state index contributed by atoms with van der Waals surface area (Å²) in [7, 11) is 0. The maximum Gasteiger partial charge on any atom is 0.283 e. The molecule has 3 rings (SSSR count). The molecule has 0 spiro atoms. The number of hydrogen-bond acceptors (Lipinski definition) is 6. The molecule has 1 atom stereocenters. The smallest absolute Gasteiger partial charge is 0.283 e. The van der Waals surface area contributed by atoms with Crippen molar-refractivity contribution < 1.29 is 9.53 Å². The zero-order valence-electron chi connectivity index (χ0n) is 12.4. The third-order valence-electron chi connectivity index (χ3n) is 3.66. The standard InChI is InChI=1S/C13H18N6O3/c1-2-19-12-11(16-17-19)13(21)18(8-15-12)7-10(20)14-6-9-4-3-5-22-9/h8-9H,2-7H2,1H3,(H,14,20)/t9-/m0/s1. The Bertz CT molecular complexity index is 731. The third-order valence-corrected chi connectivity index (χ3v) is 3.66. The van der Waals surface area contributed by atoms with E-state index in [-0.39, 0.29) is 29.6 Å². The lowest BCUT2D eigenvalue weighted by Crippen LogP contribution is -2.36. The van der Waals surface area contributed by atoms with Crippen molar-refractivity contribution >= 4 is 17.1 Å². The molecular formula is C13H18N6O3. The number of aromatic nitrogens is 5. The van der Waals surface area contributed by atoms with Crippen molar-refractivity contribution in [1.82, 2.24) is 29.9 Å². The molecule has 1 saturated heterocycles. The van der Waals surface area contributed by atoms with Crippen molar-refractivity contribution in [3.05, 3.63) is 16.7 Å². The van der Waals surface area contributed by atoms with E-state index in [0.29, 0.717) is 18.7 Å². The number of carbonyl (C=O) groups is 1. The van der Waals surface area contributed by atoms with Crippen LogP contribution in [0.3, 0.4) is 0 Å². The van der Waals surface area contributed by atoms with Crippen LogP contribution in [-0.4, -0.2) is 49.7 Å². The van der Waals surface area contributed by atoms with Gasteiger partial charge < -0.3 is 10.1 Å². The molecule has 0 unspecified atom stereocenters. The van der Waals surface area contributed by atoms with E-state index >= 15 is 0 Å². The second-order valence-corrected chi connectivity index (χ2v) is 5.19. The van der Waals surface area contributed by atoms with Crippen LogP contribution in [0.5, 0.6) is 0 Å². The monoisotopic (exact) mass is 306 g/mol. The highest BCUT2D eigenvalue weighted by Gasteiger charge is 2.17. The molecule has 2 aromatic heterocycles. The number of nitrogens with zero attached hydrogens (tertiary/aromatic N) is 5. The molecule has 9 heteroatoms. The van der Waals surface area contributed by atoms with Gasteiger partial charge in [-0.2, -0.15) is 0 Å². The summed E-state index contributed by atoms with van der Waals surface area (Å²) in [5, 5.41) is 10.5. The summed E-state index contributed by atoms with van der Waals surface area (Å²) in [6.45, 7) is 3.59. The molecule has 1 amide bonds. The number of amides is 1. The van der Waals surface area contributed by atoms with Gasteiger partial charge in [-0.3, -0.25) is 14.2 Å². The zero-order chi connectivity index (χ0) is 15.5. The molecule has 3 heterocycles. The van der Waals surface area contributed by atoms with Gasteiger partial charge in [0.2, 0.25) is 5.91 Å². The first kappa shape index (κ1) is 14.6. The minimum Gasteiger partial charge on any atom is -0.376 e. The van der Waals surface area contributed by atoms with Gasteiger partial charge in [0.1, 0.15) is 12.9 Å². The summed E-state index contributed by atoms with van der Waals surface area (Å²) in [6.07, 6.45) is 3.40. The molecule has 0 bridgehead atoms. The summed E-state index contributed by atoms with van der Waals surface area (Å²) >= 11 is 0. The Morgan fingerprint density at radius 2 is 2.41 bits per heavy atom. The highest BCUT2D eigenvalue weighted by atomic mass is 16.5. The summed E-state index contributed by atoms with van der Waals surface area (Å²) < 4.78 is 8.21. The molecule has 0 saturated carbocycles. The minimum absolute atomic E-state index is 0.0747. The molecule has 2 aromatic rings. The predicted octanol–water partition coefficient (Wildman–Crippen LogP) is -0.697. The Kier molecular flexibility index (Phi) is 4.14. The number of carbonyl (C=O) groups excluding carboxylic acids is 1. The van der Waals surface area contributed by atoms with E-state index in [2.05, 4.69) is 20.6 Å². The molecule has 1 N–H and O–H groups in total.